The number of nitrogens with zero attached hydrogens (tertiary/aromatic N) is 3. The Kier molecular flexibility index (Phi) is 8.68. The average Bonchev–Trinajstić information content (AvgIpc) is 3.71. The molecule has 0 aliphatic carbocycles. The minimum atomic E-state index is 0.636. The molecule has 0 unspecified atom stereocenters. The summed E-state index contributed by atoms with van der Waals surface area (Å²) in [6.07, 6.45) is 0. The Hall–Kier alpha value is -7.53. The van der Waals surface area contributed by atoms with Crippen LogP contribution in [0.3, 0.4) is 0 Å². The summed E-state index contributed by atoms with van der Waals surface area (Å²) in [5.74, 6) is 1.93. The van der Waals surface area contributed by atoms with Gasteiger partial charge in [0, 0.05) is 36.9 Å². The Morgan fingerprint density at radius 3 is 1.32 bits per heavy atom. The fourth-order valence-electron chi connectivity index (χ4n) is 8.29. The second-order valence-corrected chi connectivity index (χ2v) is 15.8. The van der Waals surface area contributed by atoms with E-state index in [4.69, 9.17) is 15.0 Å². The molecule has 0 amide bonds. The van der Waals surface area contributed by atoms with Crippen molar-refractivity contribution >= 4 is 42.3 Å². The molecule has 0 saturated heterocycles. The summed E-state index contributed by atoms with van der Waals surface area (Å²) >= 11 is 1.82. The minimum absolute atomic E-state index is 0.636. The Labute approximate surface area is 346 Å². The third kappa shape index (κ3) is 6.37. The summed E-state index contributed by atoms with van der Waals surface area (Å²) in [6.45, 7) is 0. The summed E-state index contributed by atoms with van der Waals surface area (Å²) < 4.78 is 2.44. The van der Waals surface area contributed by atoms with Crippen LogP contribution in [0.4, 0.5) is 0 Å². The van der Waals surface area contributed by atoms with Gasteiger partial charge in [0.05, 0.1) is 0 Å². The van der Waals surface area contributed by atoms with E-state index >= 15 is 0 Å². The zero-order valence-electron chi connectivity index (χ0n) is 32.0. The van der Waals surface area contributed by atoms with E-state index < -0.39 is 0 Å². The summed E-state index contributed by atoms with van der Waals surface area (Å²) in [5.41, 5.74) is 12.4. The van der Waals surface area contributed by atoms with E-state index in [1.807, 2.05) is 17.4 Å². The van der Waals surface area contributed by atoms with Crippen molar-refractivity contribution in [1.82, 2.24) is 15.0 Å². The highest BCUT2D eigenvalue weighted by Gasteiger charge is 2.20. The molecule has 0 aliphatic rings. The van der Waals surface area contributed by atoms with Gasteiger partial charge in [0.25, 0.3) is 0 Å². The smallest absolute Gasteiger partial charge is 0.164 e. The lowest BCUT2D eigenvalue weighted by molar-refractivity contribution is 1.08. The van der Waals surface area contributed by atoms with Crippen molar-refractivity contribution in [3.63, 3.8) is 0 Å². The molecule has 2 aromatic heterocycles. The molecule has 11 rings (SSSR count). The van der Waals surface area contributed by atoms with Gasteiger partial charge in [-0.25, -0.2) is 15.0 Å². The molecule has 0 N–H and O–H groups in total. The number of thiophene rings is 1. The number of hydrogen-bond acceptors (Lipinski definition) is 4. The van der Waals surface area contributed by atoms with Gasteiger partial charge in [-0.15, -0.1) is 11.3 Å². The first-order chi connectivity index (χ1) is 29.2. The zero-order chi connectivity index (χ0) is 39.1. The SMILES string of the molecule is c1ccc(-c2ccc(-c3nc(-c4ccc(-c5ccccc5)c5ccccc45)nc(-c4cccc5sc6c(-c7ccc(-c8ccccc8)cc7)cccc6c45)n3)cc2)cc1. The Morgan fingerprint density at radius 2 is 0.678 bits per heavy atom. The fraction of sp³-hybridized carbons (Fsp3) is 0. The maximum absolute atomic E-state index is 5.36. The van der Waals surface area contributed by atoms with Crippen LogP contribution in [-0.4, -0.2) is 15.0 Å². The van der Waals surface area contributed by atoms with Gasteiger partial charge in [-0.2, -0.15) is 0 Å². The van der Waals surface area contributed by atoms with Crippen LogP contribution in [0.15, 0.2) is 212 Å². The van der Waals surface area contributed by atoms with Crippen LogP contribution in [0.2, 0.25) is 0 Å². The molecule has 0 aliphatic heterocycles. The quantitative estimate of drug-likeness (QED) is 0.162. The van der Waals surface area contributed by atoms with Crippen LogP contribution in [0.25, 0.3) is 110 Å². The molecule has 276 valence electrons. The Morgan fingerprint density at radius 1 is 0.254 bits per heavy atom. The largest absolute Gasteiger partial charge is 0.208 e. The first kappa shape index (κ1) is 34.7. The number of aromatic nitrogens is 3. The Bertz CT molecular complexity index is 3280. The lowest BCUT2D eigenvalue weighted by Crippen LogP contribution is -2.01. The van der Waals surface area contributed by atoms with Crippen LogP contribution in [0.1, 0.15) is 0 Å². The van der Waals surface area contributed by atoms with Crippen molar-refractivity contribution in [1.29, 1.82) is 0 Å². The number of benzene rings is 9. The van der Waals surface area contributed by atoms with E-state index in [1.54, 1.807) is 0 Å². The van der Waals surface area contributed by atoms with Crippen molar-refractivity contribution in [3.05, 3.63) is 212 Å². The van der Waals surface area contributed by atoms with E-state index in [9.17, 15) is 0 Å². The molecular formula is C55H35N3S. The van der Waals surface area contributed by atoms with Crippen LogP contribution in [0.5, 0.6) is 0 Å². The van der Waals surface area contributed by atoms with Gasteiger partial charge in [-0.1, -0.05) is 200 Å². The van der Waals surface area contributed by atoms with Crippen molar-refractivity contribution < 1.29 is 0 Å². The van der Waals surface area contributed by atoms with Gasteiger partial charge in [-0.05, 0) is 67.4 Å². The van der Waals surface area contributed by atoms with E-state index in [-0.39, 0.29) is 0 Å². The number of rotatable bonds is 7. The topological polar surface area (TPSA) is 38.7 Å². The highest BCUT2D eigenvalue weighted by molar-refractivity contribution is 7.26. The second-order valence-electron chi connectivity index (χ2n) is 14.7. The molecule has 11 aromatic rings. The lowest BCUT2D eigenvalue weighted by atomic mass is 9.94. The first-order valence-electron chi connectivity index (χ1n) is 19.9. The fourth-order valence-corrected chi connectivity index (χ4v) is 9.55. The van der Waals surface area contributed by atoms with Crippen molar-refractivity contribution in [2.45, 2.75) is 0 Å². The molecule has 0 fully saturated rings. The molecule has 3 nitrogen and oxygen atoms in total. The lowest BCUT2D eigenvalue weighted by Gasteiger charge is -2.13. The van der Waals surface area contributed by atoms with Crippen LogP contribution >= 0.6 is 11.3 Å². The first-order valence-corrected chi connectivity index (χ1v) is 20.7. The van der Waals surface area contributed by atoms with Crippen molar-refractivity contribution in [2.75, 3.05) is 0 Å². The van der Waals surface area contributed by atoms with Gasteiger partial charge in [0.1, 0.15) is 0 Å². The molecule has 0 spiro atoms. The van der Waals surface area contributed by atoms with Gasteiger partial charge in [0.2, 0.25) is 0 Å². The Balaban J connectivity index is 1.09. The molecule has 2 heterocycles. The third-order valence-electron chi connectivity index (χ3n) is 11.2. The van der Waals surface area contributed by atoms with E-state index in [0.717, 1.165) is 38.4 Å². The van der Waals surface area contributed by atoms with Crippen molar-refractivity contribution in [2.24, 2.45) is 0 Å². The monoisotopic (exact) mass is 769 g/mol. The number of fused-ring (bicyclic) bond motifs is 4. The van der Waals surface area contributed by atoms with Gasteiger partial charge >= 0.3 is 0 Å². The predicted molar refractivity (Wildman–Crippen MR) is 248 cm³/mol. The van der Waals surface area contributed by atoms with Crippen molar-refractivity contribution in [3.8, 4) is 78.7 Å². The van der Waals surface area contributed by atoms with E-state index in [1.165, 1.54) is 53.7 Å². The molecule has 0 radical (unpaired) electrons. The highest BCUT2D eigenvalue weighted by atomic mass is 32.1. The van der Waals surface area contributed by atoms with E-state index in [2.05, 4.69) is 206 Å². The molecule has 9 aromatic carbocycles. The molecule has 59 heavy (non-hydrogen) atoms. The van der Waals surface area contributed by atoms with Gasteiger partial charge in [-0.3, -0.25) is 0 Å². The molecule has 4 heteroatoms. The van der Waals surface area contributed by atoms with E-state index in [0.29, 0.717) is 17.5 Å². The number of hydrogen-bond donors (Lipinski definition) is 0. The van der Waals surface area contributed by atoms with Gasteiger partial charge in [0.15, 0.2) is 17.5 Å². The van der Waals surface area contributed by atoms with Crippen LogP contribution < -0.4 is 0 Å². The summed E-state index contributed by atoms with van der Waals surface area (Å²) in [4.78, 5) is 15.9. The average molecular weight is 770 g/mol. The summed E-state index contributed by atoms with van der Waals surface area (Å²) in [7, 11) is 0. The highest BCUT2D eigenvalue weighted by Crippen LogP contribution is 2.44. The standard InChI is InChI=1S/C55H35N3S/c1-4-14-36(15-5-1)38-26-30-41(31-27-38)44-22-12-23-48-51-49(24-13-25-50(51)59-52(44)48)55-57-53(42-32-28-39(29-33-42)37-16-6-2-7-17-37)56-54(58-55)47-35-34-43(40-18-8-3-9-19-40)45-20-10-11-21-46(45)47/h1-35H. The molecule has 0 saturated carbocycles. The molecular weight excluding hydrogens is 735 g/mol. The maximum Gasteiger partial charge on any atom is 0.164 e. The zero-order valence-corrected chi connectivity index (χ0v) is 32.8. The van der Waals surface area contributed by atoms with Crippen LogP contribution in [0, 0.1) is 0 Å². The van der Waals surface area contributed by atoms with Crippen LogP contribution in [-0.2, 0) is 0 Å². The normalized spacial score (nSPS) is 11.4. The second kappa shape index (κ2) is 14.8. The summed E-state index contributed by atoms with van der Waals surface area (Å²) in [5, 5.41) is 4.60. The third-order valence-corrected chi connectivity index (χ3v) is 12.4. The maximum atomic E-state index is 5.36. The molecule has 0 atom stereocenters. The predicted octanol–water partition coefficient (Wildman–Crippen LogP) is 15.1. The minimum Gasteiger partial charge on any atom is -0.208 e. The molecule has 0 bridgehead atoms. The van der Waals surface area contributed by atoms with Gasteiger partial charge < -0.3 is 0 Å². The summed E-state index contributed by atoms with van der Waals surface area (Å²) in [6, 6.07) is 75.1.